The van der Waals surface area contributed by atoms with Crippen LogP contribution in [0, 0.1) is 0 Å². The Morgan fingerprint density at radius 1 is 0.926 bits per heavy atom. The van der Waals surface area contributed by atoms with Gasteiger partial charge in [-0.15, -0.1) is 0 Å². The number of unbranched alkanes of at least 4 members (excludes halogenated alkanes) is 3. The molecule has 0 fully saturated rings. The Labute approximate surface area is 161 Å². The first-order chi connectivity index (χ1) is 13.0. The molecule has 0 spiro atoms. The molecule has 146 valence electrons. The van der Waals surface area contributed by atoms with Crippen LogP contribution in [-0.4, -0.2) is 21.5 Å². The highest BCUT2D eigenvalue weighted by molar-refractivity contribution is 7.89. The molecule has 0 amide bonds. The number of nitrogens with one attached hydrogen (secondary N) is 1. The van der Waals surface area contributed by atoms with E-state index >= 15 is 0 Å². The van der Waals surface area contributed by atoms with E-state index in [1.54, 1.807) is 30.3 Å². The normalized spacial score (nSPS) is 12.5. The molecule has 1 atom stereocenters. The van der Waals surface area contributed by atoms with Crippen molar-refractivity contribution < 1.29 is 17.9 Å². The average molecular weight is 390 g/mol. The molecule has 0 aliphatic rings. The van der Waals surface area contributed by atoms with Gasteiger partial charge in [0, 0.05) is 12.5 Å². The molecule has 2 aromatic rings. The molecule has 0 aromatic heterocycles. The van der Waals surface area contributed by atoms with Crippen molar-refractivity contribution in [3.63, 3.8) is 0 Å². The third-order valence-electron chi connectivity index (χ3n) is 4.40. The number of esters is 1. The van der Waals surface area contributed by atoms with Crippen molar-refractivity contribution in [1.82, 2.24) is 4.72 Å². The lowest BCUT2D eigenvalue weighted by Gasteiger charge is -2.19. The highest BCUT2D eigenvalue weighted by atomic mass is 32.2. The van der Waals surface area contributed by atoms with Gasteiger partial charge in [0.1, 0.15) is 0 Å². The lowest BCUT2D eigenvalue weighted by Crippen LogP contribution is -2.28. The number of methoxy groups -OCH3 is 1. The molecule has 0 saturated heterocycles. The zero-order chi connectivity index (χ0) is 19.5. The van der Waals surface area contributed by atoms with Crippen molar-refractivity contribution >= 4 is 16.0 Å². The summed E-state index contributed by atoms with van der Waals surface area (Å²) in [5.41, 5.74) is 0.951. The molecule has 1 unspecified atom stereocenters. The molecule has 1 N–H and O–H groups in total. The molecule has 0 aliphatic carbocycles. The maximum atomic E-state index is 12.7. The number of carbonyl (C=O) groups is 1. The van der Waals surface area contributed by atoms with Gasteiger partial charge in [-0.05, 0) is 30.5 Å². The van der Waals surface area contributed by atoms with E-state index in [9.17, 15) is 13.2 Å². The topological polar surface area (TPSA) is 72.5 Å². The van der Waals surface area contributed by atoms with E-state index in [4.69, 9.17) is 0 Å². The number of benzene rings is 2. The third kappa shape index (κ3) is 7.15. The Bertz CT molecular complexity index is 791. The van der Waals surface area contributed by atoms with Crippen molar-refractivity contribution in [2.75, 3.05) is 7.11 Å². The molecule has 2 rings (SSSR count). The zero-order valence-electron chi connectivity index (χ0n) is 15.6. The van der Waals surface area contributed by atoms with Gasteiger partial charge in [0.2, 0.25) is 10.0 Å². The molecule has 0 saturated carbocycles. The minimum atomic E-state index is -3.58. The molecule has 6 heteroatoms. The molecule has 27 heavy (non-hydrogen) atoms. The predicted molar refractivity (Wildman–Crippen MR) is 106 cm³/mol. The lowest BCUT2D eigenvalue weighted by molar-refractivity contribution is -0.140. The van der Waals surface area contributed by atoms with E-state index in [0.29, 0.717) is 12.8 Å². The first-order valence-electron chi connectivity index (χ1n) is 9.22. The van der Waals surface area contributed by atoms with Crippen LogP contribution in [0.25, 0.3) is 0 Å². The highest BCUT2D eigenvalue weighted by Crippen LogP contribution is 2.23. The maximum Gasteiger partial charge on any atom is 0.305 e. The van der Waals surface area contributed by atoms with Gasteiger partial charge in [0.25, 0.3) is 0 Å². The fraction of sp³-hybridized carbons (Fsp3) is 0.381. The smallest absolute Gasteiger partial charge is 0.305 e. The van der Waals surface area contributed by atoms with Gasteiger partial charge in [-0.25, -0.2) is 13.1 Å². The zero-order valence-corrected chi connectivity index (χ0v) is 16.5. The summed E-state index contributed by atoms with van der Waals surface area (Å²) in [6, 6.07) is 17.8. The third-order valence-corrected chi connectivity index (χ3v) is 5.89. The van der Waals surface area contributed by atoms with Crippen molar-refractivity contribution in [3.8, 4) is 0 Å². The summed E-state index contributed by atoms with van der Waals surface area (Å²) in [6.07, 6.45) is 4.65. The number of ether oxygens (including phenoxy) is 1. The maximum absolute atomic E-state index is 12.7. The van der Waals surface area contributed by atoms with E-state index in [1.807, 2.05) is 30.3 Å². The van der Waals surface area contributed by atoms with Crippen LogP contribution in [0.1, 0.15) is 50.1 Å². The van der Waals surface area contributed by atoms with Gasteiger partial charge in [0.15, 0.2) is 0 Å². The molecule has 0 bridgehead atoms. The Balaban J connectivity index is 1.96. The molecular formula is C21H27NO4S. The monoisotopic (exact) mass is 389 g/mol. The van der Waals surface area contributed by atoms with Crippen LogP contribution >= 0.6 is 0 Å². The summed E-state index contributed by atoms with van der Waals surface area (Å²) in [5, 5.41) is 0. The van der Waals surface area contributed by atoms with Crippen LogP contribution < -0.4 is 4.72 Å². The van der Waals surface area contributed by atoms with Crippen LogP contribution in [0.5, 0.6) is 0 Å². The molecule has 0 heterocycles. The van der Waals surface area contributed by atoms with Crippen molar-refractivity contribution in [2.24, 2.45) is 0 Å². The van der Waals surface area contributed by atoms with Gasteiger partial charge < -0.3 is 4.74 Å². The van der Waals surface area contributed by atoms with Gasteiger partial charge in [-0.2, -0.15) is 0 Å². The largest absolute Gasteiger partial charge is 0.469 e. The number of hydrogen-bond donors (Lipinski definition) is 1. The molecule has 5 nitrogen and oxygen atoms in total. The van der Waals surface area contributed by atoms with Crippen LogP contribution in [0.15, 0.2) is 65.6 Å². The van der Waals surface area contributed by atoms with Crippen molar-refractivity contribution in [2.45, 2.75) is 49.5 Å². The summed E-state index contributed by atoms with van der Waals surface area (Å²) in [7, 11) is -2.19. The van der Waals surface area contributed by atoms with Crippen molar-refractivity contribution in [1.29, 1.82) is 0 Å². The van der Waals surface area contributed by atoms with E-state index in [1.165, 1.54) is 7.11 Å². The first-order valence-corrected chi connectivity index (χ1v) is 10.7. The number of carbonyl (C=O) groups excluding carboxylic acids is 1. The summed E-state index contributed by atoms with van der Waals surface area (Å²) >= 11 is 0. The Kier molecular flexibility index (Phi) is 8.48. The molecule has 0 radical (unpaired) electrons. The van der Waals surface area contributed by atoms with E-state index < -0.39 is 10.0 Å². The van der Waals surface area contributed by atoms with Crippen LogP contribution in [0.4, 0.5) is 0 Å². The van der Waals surface area contributed by atoms with Gasteiger partial charge >= 0.3 is 5.97 Å². The van der Waals surface area contributed by atoms with Crippen molar-refractivity contribution in [3.05, 3.63) is 66.2 Å². The Morgan fingerprint density at radius 2 is 1.52 bits per heavy atom. The second-order valence-electron chi connectivity index (χ2n) is 6.43. The second kappa shape index (κ2) is 10.8. The fourth-order valence-electron chi connectivity index (χ4n) is 2.91. The lowest BCUT2D eigenvalue weighted by atomic mass is 10.0. The van der Waals surface area contributed by atoms with Crippen LogP contribution in [-0.2, 0) is 19.6 Å². The summed E-state index contributed by atoms with van der Waals surface area (Å²) in [4.78, 5) is 11.4. The molecule has 2 aromatic carbocycles. The minimum absolute atomic E-state index is 0.187. The van der Waals surface area contributed by atoms with E-state index in [0.717, 1.165) is 31.2 Å². The summed E-state index contributed by atoms with van der Waals surface area (Å²) < 4.78 is 32.9. The highest BCUT2D eigenvalue weighted by Gasteiger charge is 2.20. The number of rotatable bonds is 11. The second-order valence-corrected chi connectivity index (χ2v) is 8.14. The van der Waals surface area contributed by atoms with Gasteiger partial charge in [0.05, 0.1) is 12.0 Å². The standard InChI is InChI=1S/C21H27NO4S/c1-26-21(23)17-11-3-2-10-16-20(18-12-6-4-7-13-18)22-27(24,25)19-14-8-5-9-15-19/h4-9,12-15,20,22H,2-3,10-11,16-17H2,1H3. The Morgan fingerprint density at radius 3 is 2.15 bits per heavy atom. The van der Waals surface area contributed by atoms with Gasteiger partial charge in [-0.3, -0.25) is 4.79 Å². The quantitative estimate of drug-likeness (QED) is 0.461. The summed E-state index contributed by atoms with van der Waals surface area (Å²) in [6.45, 7) is 0. The fourth-order valence-corrected chi connectivity index (χ4v) is 4.19. The van der Waals surface area contributed by atoms with E-state index in [-0.39, 0.29) is 16.9 Å². The van der Waals surface area contributed by atoms with Crippen LogP contribution in [0.2, 0.25) is 0 Å². The Hall–Kier alpha value is -2.18. The molecule has 0 aliphatic heterocycles. The predicted octanol–water partition coefficient (Wildman–Crippen LogP) is 4.22. The SMILES string of the molecule is COC(=O)CCCCCCC(NS(=O)(=O)c1ccccc1)c1ccccc1. The number of sulfonamides is 1. The summed E-state index contributed by atoms with van der Waals surface area (Å²) in [5.74, 6) is -0.187. The minimum Gasteiger partial charge on any atom is -0.469 e. The number of hydrogen-bond acceptors (Lipinski definition) is 4. The average Bonchev–Trinajstić information content (AvgIpc) is 2.70. The molecular weight excluding hydrogens is 362 g/mol. The van der Waals surface area contributed by atoms with E-state index in [2.05, 4.69) is 9.46 Å². The van der Waals surface area contributed by atoms with Gasteiger partial charge in [-0.1, -0.05) is 67.8 Å². The first kappa shape index (κ1) is 21.1. The van der Waals surface area contributed by atoms with Crippen LogP contribution in [0.3, 0.4) is 0 Å².